The van der Waals surface area contributed by atoms with Gasteiger partial charge >= 0.3 is 0 Å². The molecule has 2 aliphatic rings. The summed E-state index contributed by atoms with van der Waals surface area (Å²) in [5.74, 6) is 1.32. The number of hydrogen-bond acceptors (Lipinski definition) is 5. The Balaban J connectivity index is 1.43. The Bertz CT molecular complexity index is 826. The topological polar surface area (TPSA) is 84.1 Å². The number of rotatable bonds is 7. The molecule has 30 heavy (non-hydrogen) atoms. The molecule has 7 nitrogen and oxygen atoms in total. The first kappa shape index (κ1) is 22.3. The van der Waals surface area contributed by atoms with Crippen molar-refractivity contribution in [3.05, 3.63) is 29.4 Å². The minimum absolute atomic E-state index is 0.0648. The molecule has 1 aromatic rings. The molecule has 0 radical (unpaired) electrons. The molecule has 2 fully saturated rings. The lowest BCUT2D eigenvalue weighted by Gasteiger charge is -2.33. The Hall–Kier alpha value is -2.41. The van der Waals surface area contributed by atoms with Gasteiger partial charge in [-0.1, -0.05) is 0 Å². The summed E-state index contributed by atoms with van der Waals surface area (Å²) in [6, 6.07) is 1.72. The molecule has 1 spiro atoms. The van der Waals surface area contributed by atoms with Crippen LogP contribution >= 0.6 is 0 Å². The van der Waals surface area contributed by atoms with Crippen LogP contribution in [0.15, 0.2) is 21.7 Å². The quantitative estimate of drug-likeness (QED) is 0.692. The molecule has 1 N–H and O–H groups in total. The second-order valence-electron chi connectivity index (χ2n) is 9.38. The summed E-state index contributed by atoms with van der Waals surface area (Å²) in [7, 11) is 0. The van der Waals surface area contributed by atoms with Crippen molar-refractivity contribution in [1.82, 2.24) is 10.2 Å². The molecule has 1 saturated heterocycles. The molecule has 1 aliphatic carbocycles. The molecular weight excluding hydrogens is 382 g/mol. The van der Waals surface area contributed by atoms with Crippen molar-refractivity contribution in [2.45, 2.75) is 52.6 Å². The number of furan rings is 1. The summed E-state index contributed by atoms with van der Waals surface area (Å²) in [6.07, 6.45) is 6.40. The van der Waals surface area contributed by atoms with E-state index in [2.05, 4.69) is 17.0 Å². The predicted molar refractivity (Wildman–Crippen MR) is 116 cm³/mol. The number of ether oxygens (including phenoxy) is 1. The second-order valence-corrected chi connectivity index (χ2v) is 9.38. The number of nitrogens with one attached hydrogen (secondary N) is 1. The number of carbonyl (C=O) groups excluding carboxylic acids is 2. The van der Waals surface area contributed by atoms with Gasteiger partial charge in [-0.3, -0.25) is 14.6 Å². The molecule has 3 rings (SSSR count). The molecule has 0 bridgehead atoms. The van der Waals surface area contributed by atoms with Gasteiger partial charge in [0.05, 0.1) is 5.60 Å². The first-order valence-corrected chi connectivity index (χ1v) is 10.6. The van der Waals surface area contributed by atoms with Gasteiger partial charge in [-0.25, -0.2) is 0 Å². The van der Waals surface area contributed by atoms with E-state index >= 15 is 0 Å². The van der Waals surface area contributed by atoms with Crippen molar-refractivity contribution in [3.63, 3.8) is 0 Å². The Morgan fingerprint density at radius 3 is 2.73 bits per heavy atom. The lowest BCUT2D eigenvalue weighted by Crippen LogP contribution is -2.42. The van der Waals surface area contributed by atoms with Gasteiger partial charge in [0.1, 0.15) is 12.4 Å². The molecule has 164 valence electrons. The van der Waals surface area contributed by atoms with Crippen molar-refractivity contribution in [2.75, 3.05) is 26.2 Å². The minimum atomic E-state index is -0.307. The van der Waals surface area contributed by atoms with Gasteiger partial charge < -0.3 is 19.4 Å². The van der Waals surface area contributed by atoms with Gasteiger partial charge in [-0.2, -0.15) is 0 Å². The lowest BCUT2D eigenvalue weighted by atomic mass is 9.90. The predicted octanol–water partition coefficient (Wildman–Crippen LogP) is 3.43. The van der Waals surface area contributed by atoms with E-state index in [1.807, 2.05) is 32.6 Å². The smallest absolute Gasteiger partial charge is 0.287 e. The number of hydrogen-bond donors (Lipinski definition) is 1. The molecule has 1 atom stereocenters. The van der Waals surface area contributed by atoms with Crippen molar-refractivity contribution < 1.29 is 18.7 Å². The fourth-order valence-corrected chi connectivity index (χ4v) is 4.11. The minimum Gasteiger partial charge on any atom is -0.456 e. The van der Waals surface area contributed by atoms with E-state index in [1.54, 1.807) is 18.3 Å². The van der Waals surface area contributed by atoms with E-state index in [4.69, 9.17) is 9.15 Å². The van der Waals surface area contributed by atoms with Crippen molar-refractivity contribution in [1.29, 1.82) is 0 Å². The van der Waals surface area contributed by atoms with Crippen LogP contribution in [0.2, 0.25) is 0 Å². The molecule has 1 aliphatic heterocycles. The van der Waals surface area contributed by atoms with Crippen LogP contribution in [-0.2, 0) is 9.53 Å². The fraction of sp³-hybridized carbons (Fsp3) is 0.609. The highest BCUT2D eigenvalue weighted by molar-refractivity contribution is 5.92. The second kappa shape index (κ2) is 8.76. The van der Waals surface area contributed by atoms with Crippen LogP contribution in [0, 0.1) is 18.3 Å². The average Bonchev–Trinajstić information content (AvgIpc) is 3.22. The Kier molecular flexibility index (Phi) is 6.50. The third kappa shape index (κ3) is 5.39. The van der Waals surface area contributed by atoms with E-state index in [9.17, 15) is 9.59 Å². The third-order valence-corrected chi connectivity index (χ3v) is 6.15. The van der Waals surface area contributed by atoms with E-state index < -0.39 is 0 Å². The first-order chi connectivity index (χ1) is 14.1. The Labute approximate surface area is 178 Å². The van der Waals surface area contributed by atoms with Gasteiger partial charge in [0.25, 0.3) is 5.91 Å². The van der Waals surface area contributed by atoms with Crippen molar-refractivity contribution in [3.8, 4) is 0 Å². The summed E-state index contributed by atoms with van der Waals surface area (Å²) in [5.41, 5.74) is 0.777. The maximum Gasteiger partial charge on any atom is 0.287 e. The standard InChI is InChI=1S/C23H33N3O4/c1-16-17(6-9-24-5)12-19(30-16)21(28)25-14-18-13-23(18)7-10-26(11-8-23)20(27)15-29-22(2,3)4/h6,9,12,18H,5,7-8,10-11,13-15H2,1-4H3,(H,25,28)/b9-6-. The van der Waals surface area contributed by atoms with E-state index in [0.717, 1.165) is 37.9 Å². The molecule has 7 heteroatoms. The average molecular weight is 416 g/mol. The zero-order chi connectivity index (χ0) is 21.9. The van der Waals surface area contributed by atoms with Gasteiger partial charge in [0.2, 0.25) is 5.91 Å². The van der Waals surface area contributed by atoms with Crippen LogP contribution in [0.25, 0.3) is 6.08 Å². The highest BCUT2D eigenvalue weighted by Gasteiger charge is 2.54. The normalized spacial score (nSPS) is 20.5. The molecule has 1 saturated carbocycles. The number of likely N-dealkylation sites (tertiary alicyclic amines) is 1. The van der Waals surface area contributed by atoms with Crippen LogP contribution in [0.1, 0.15) is 61.9 Å². The zero-order valence-electron chi connectivity index (χ0n) is 18.5. The molecule has 1 aromatic heterocycles. The summed E-state index contributed by atoms with van der Waals surface area (Å²) in [5, 5.41) is 3.01. The van der Waals surface area contributed by atoms with Crippen LogP contribution < -0.4 is 5.32 Å². The van der Waals surface area contributed by atoms with Crippen molar-refractivity contribution in [2.24, 2.45) is 16.3 Å². The van der Waals surface area contributed by atoms with E-state index in [0.29, 0.717) is 24.0 Å². The number of amides is 2. The van der Waals surface area contributed by atoms with Gasteiger partial charge in [0.15, 0.2) is 5.76 Å². The lowest BCUT2D eigenvalue weighted by molar-refractivity contribution is -0.142. The maximum absolute atomic E-state index is 12.5. The summed E-state index contributed by atoms with van der Waals surface area (Å²) in [4.78, 5) is 30.4. The van der Waals surface area contributed by atoms with Gasteiger partial charge in [0, 0.05) is 31.4 Å². The Morgan fingerprint density at radius 1 is 1.40 bits per heavy atom. The SMILES string of the molecule is C=N/C=C\c1cc(C(=O)NCC2CC23CCN(C(=O)COC(C)(C)C)CC3)oc1C. The van der Waals surface area contributed by atoms with Gasteiger partial charge in [-0.15, -0.1) is 0 Å². The fourth-order valence-electron chi connectivity index (χ4n) is 4.11. The maximum atomic E-state index is 12.5. The molecule has 2 amide bonds. The van der Waals surface area contributed by atoms with Crippen molar-refractivity contribution >= 4 is 24.6 Å². The van der Waals surface area contributed by atoms with Crippen LogP contribution in [0.3, 0.4) is 0 Å². The van der Waals surface area contributed by atoms with Gasteiger partial charge in [-0.05, 0) is 77.2 Å². The monoisotopic (exact) mass is 415 g/mol. The van der Waals surface area contributed by atoms with Crippen LogP contribution in [0.4, 0.5) is 0 Å². The molecule has 2 heterocycles. The molecular formula is C23H33N3O4. The number of aryl methyl sites for hydroxylation is 1. The summed E-state index contributed by atoms with van der Waals surface area (Å²) >= 11 is 0. The van der Waals surface area contributed by atoms with E-state index in [-0.39, 0.29) is 29.4 Å². The number of carbonyl (C=O) groups is 2. The number of nitrogens with zero attached hydrogens (tertiary/aromatic N) is 2. The summed E-state index contributed by atoms with van der Waals surface area (Å²) < 4.78 is 11.2. The first-order valence-electron chi connectivity index (χ1n) is 10.6. The highest BCUT2D eigenvalue weighted by atomic mass is 16.5. The van der Waals surface area contributed by atoms with E-state index in [1.165, 1.54) is 0 Å². The third-order valence-electron chi connectivity index (χ3n) is 6.15. The zero-order valence-corrected chi connectivity index (χ0v) is 18.5. The largest absolute Gasteiger partial charge is 0.456 e. The molecule has 1 unspecified atom stereocenters. The van der Waals surface area contributed by atoms with Crippen LogP contribution in [-0.4, -0.2) is 55.3 Å². The van der Waals surface area contributed by atoms with Crippen LogP contribution in [0.5, 0.6) is 0 Å². The summed E-state index contributed by atoms with van der Waals surface area (Å²) in [6.45, 7) is 13.4. The number of aliphatic imine (C=N–C) groups is 1. The number of piperidine rings is 1. The Morgan fingerprint density at radius 2 is 2.10 bits per heavy atom. The molecule has 0 aromatic carbocycles. The highest BCUT2D eigenvalue weighted by Crippen LogP contribution is 2.59.